The molecule has 0 N–H and O–H groups in total. The fourth-order valence-corrected chi connectivity index (χ4v) is 3.95. The number of amides is 1. The van der Waals surface area contributed by atoms with Crippen molar-refractivity contribution in [3.8, 4) is 0 Å². The molecule has 0 unspecified atom stereocenters. The number of rotatable bonds is 4. The van der Waals surface area contributed by atoms with Crippen LogP contribution in [0.3, 0.4) is 0 Å². The average Bonchev–Trinajstić information content (AvgIpc) is 3.50. The van der Waals surface area contributed by atoms with E-state index in [1.807, 2.05) is 24.3 Å². The van der Waals surface area contributed by atoms with Gasteiger partial charge in [0.15, 0.2) is 0 Å². The second-order valence-corrected chi connectivity index (χ2v) is 7.15. The summed E-state index contributed by atoms with van der Waals surface area (Å²) in [5.74, 6) is 1.27. The Morgan fingerprint density at radius 3 is 2.48 bits per heavy atom. The van der Waals surface area contributed by atoms with E-state index in [-0.39, 0.29) is 5.41 Å². The molecule has 1 aliphatic heterocycles. The van der Waals surface area contributed by atoms with Crippen molar-refractivity contribution in [2.75, 3.05) is 25.0 Å². The highest BCUT2D eigenvalue weighted by atomic mass is 16.2. The van der Waals surface area contributed by atoms with E-state index in [2.05, 4.69) is 38.9 Å². The number of carbonyl (C=O) groups is 1. The van der Waals surface area contributed by atoms with Gasteiger partial charge in [-0.05, 0) is 37.3 Å². The third-order valence-corrected chi connectivity index (χ3v) is 5.71. The Kier molecular flexibility index (Phi) is 4.15. The van der Waals surface area contributed by atoms with Gasteiger partial charge in [-0.2, -0.15) is 0 Å². The number of nitrogens with zero attached hydrogens (tertiary/aromatic N) is 4. The van der Waals surface area contributed by atoms with Crippen LogP contribution in [0.25, 0.3) is 0 Å². The van der Waals surface area contributed by atoms with Gasteiger partial charge in [0.25, 0.3) is 0 Å². The van der Waals surface area contributed by atoms with Crippen LogP contribution in [-0.4, -0.2) is 47.0 Å². The van der Waals surface area contributed by atoms with Crippen molar-refractivity contribution in [3.63, 3.8) is 0 Å². The van der Waals surface area contributed by atoms with Gasteiger partial charge in [-0.15, -0.1) is 0 Å². The maximum Gasteiger partial charge on any atom is 0.233 e. The van der Waals surface area contributed by atoms with Gasteiger partial charge in [0, 0.05) is 32.4 Å². The molecule has 2 aliphatic rings. The molecule has 0 radical (unpaired) electrons. The van der Waals surface area contributed by atoms with E-state index in [9.17, 15) is 4.79 Å². The average molecular weight is 336 g/mol. The van der Waals surface area contributed by atoms with Crippen LogP contribution in [0.15, 0.2) is 48.9 Å². The van der Waals surface area contributed by atoms with Gasteiger partial charge < -0.3 is 9.80 Å². The number of carbonyl (C=O) groups excluding carboxylic acids is 1. The topological polar surface area (TPSA) is 49.3 Å². The van der Waals surface area contributed by atoms with Crippen LogP contribution in [0.5, 0.6) is 0 Å². The third-order valence-electron chi connectivity index (χ3n) is 5.71. The number of piperidine rings is 1. The molecule has 1 amide bonds. The van der Waals surface area contributed by atoms with E-state index >= 15 is 0 Å². The van der Waals surface area contributed by atoms with E-state index in [1.165, 1.54) is 5.56 Å². The highest BCUT2D eigenvalue weighted by Gasteiger charge is 2.53. The summed E-state index contributed by atoms with van der Waals surface area (Å²) in [4.78, 5) is 25.7. The molecule has 1 saturated heterocycles. The van der Waals surface area contributed by atoms with E-state index in [0.29, 0.717) is 11.9 Å². The maximum absolute atomic E-state index is 13.1. The fourth-order valence-electron chi connectivity index (χ4n) is 3.95. The van der Waals surface area contributed by atoms with Crippen molar-refractivity contribution in [3.05, 3.63) is 54.5 Å². The van der Waals surface area contributed by atoms with E-state index in [1.54, 1.807) is 12.5 Å². The summed E-state index contributed by atoms with van der Waals surface area (Å²) in [5, 5.41) is 0. The largest absolute Gasteiger partial charge is 0.356 e. The molecule has 0 atom stereocenters. The summed E-state index contributed by atoms with van der Waals surface area (Å²) in [7, 11) is 2.08. The first-order chi connectivity index (χ1) is 12.2. The second-order valence-electron chi connectivity index (χ2n) is 7.15. The first-order valence-electron chi connectivity index (χ1n) is 9.04. The minimum Gasteiger partial charge on any atom is -0.356 e. The number of aromatic nitrogens is 2. The van der Waals surface area contributed by atoms with Crippen molar-refractivity contribution in [1.29, 1.82) is 0 Å². The van der Waals surface area contributed by atoms with Gasteiger partial charge in [-0.3, -0.25) is 4.79 Å². The molecule has 130 valence electrons. The van der Waals surface area contributed by atoms with Crippen LogP contribution in [0.2, 0.25) is 0 Å². The van der Waals surface area contributed by atoms with Crippen LogP contribution in [-0.2, 0) is 10.2 Å². The third kappa shape index (κ3) is 2.99. The predicted octanol–water partition coefficient (Wildman–Crippen LogP) is 2.64. The van der Waals surface area contributed by atoms with E-state index < -0.39 is 0 Å². The van der Waals surface area contributed by atoms with Crippen molar-refractivity contribution in [2.24, 2.45) is 0 Å². The van der Waals surface area contributed by atoms with Crippen molar-refractivity contribution < 1.29 is 4.79 Å². The SMILES string of the molecule is CN(c1ccncn1)C1CCN(C(=O)C2(c3ccccc3)CC2)CC1. The quantitative estimate of drug-likeness (QED) is 0.861. The van der Waals surface area contributed by atoms with Gasteiger partial charge in [0.2, 0.25) is 5.91 Å². The highest BCUT2D eigenvalue weighted by molar-refractivity contribution is 5.91. The molecule has 1 aliphatic carbocycles. The lowest BCUT2D eigenvalue weighted by atomic mass is 9.93. The van der Waals surface area contributed by atoms with Crippen molar-refractivity contribution >= 4 is 11.7 Å². The first-order valence-corrected chi connectivity index (χ1v) is 9.04. The number of anilines is 1. The molecule has 4 rings (SSSR count). The molecule has 25 heavy (non-hydrogen) atoms. The van der Waals surface area contributed by atoms with Gasteiger partial charge in [-0.25, -0.2) is 9.97 Å². The lowest BCUT2D eigenvalue weighted by Crippen LogP contribution is -2.48. The molecule has 5 heteroatoms. The molecule has 2 aromatic rings. The summed E-state index contributed by atoms with van der Waals surface area (Å²) >= 11 is 0. The number of likely N-dealkylation sites (tertiary alicyclic amines) is 1. The summed E-state index contributed by atoms with van der Waals surface area (Å²) < 4.78 is 0. The molecule has 1 saturated carbocycles. The highest BCUT2D eigenvalue weighted by Crippen LogP contribution is 2.49. The molecule has 2 heterocycles. The molecular weight excluding hydrogens is 312 g/mol. The maximum atomic E-state index is 13.1. The van der Waals surface area contributed by atoms with Gasteiger partial charge in [-0.1, -0.05) is 30.3 Å². The minimum atomic E-state index is -0.243. The first kappa shape index (κ1) is 16.1. The summed E-state index contributed by atoms with van der Waals surface area (Å²) in [6, 6.07) is 12.6. The van der Waals surface area contributed by atoms with Crippen molar-refractivity contribution in [2.45, 2.75) is 37.1 Å². The van der Waals surface area contributed by atoms with Crippen LogP contribution < -0.4 is 4.90 Å². The van der Waals surface area contributed by atoms with Gasteiger partial charge in [0.1, 0.15) is 12.1 Å². The van der Waals surface area contributed by atoms with Crippen LogP contribution >= 0.6 is 0 Å². The van der Waals surface area contributed by atoms with Gasteiger partial charge >= 0.3 is 0 Å². The second kappa shape index (κ2) is 6.47. The van der Waals surface area contributed by atoms with Crippen LogP contribution in [0.1, 0.15) is 31.2 Å². The Bertz CT molecular complexity index is 722. The summed E-state index contributed by atoms with van der Waals surface area (Å²) in [6.07, 6.45) is 7.29. The predicted molar refractivity (Wildman–Crippen MR) is 97.4 cm³/mol. The van der Waals surface area contributed by atoms with Crippen molar-refractivity contribution in [1.82, 2.24) is 14.9 Å². The molecule has 2 fully saturated rings. The lowest BCUT2D eigenvalue weighted by molar-refractivity contribution is -0.135. The fraction of sp³-hybridized carbons (Fsp3) is 0.450. The standard InChI is InChI=1S/C20H24N4O/c1-23(18-7-12-21-15-22-18)17-8-13-24(14-9-17)19(25)20(10-11-20)16-5-3-2-4-6-16/h2-7,12,15,17H,8-11,13-14H2,1H3. The Morgan fingerprint density at radius 2 is 1.88 bits per heavy atom. The Balaban J connectivity index is 1.40. The Labute approximate surface area is 148 Å². The molecular formula is C20H24N4O. The van der Waals surface area contributed by atoms with Gasteiger partial charge in [0.05, 0.1) is 5.41 Å². The monoisotopic (exact) mass is 336 g/mol. The zero-order valence-electron chi connectivity index (χ0n) is 14.6. The molecule has 0 spiro atoms. The smallest absolute Gasteiger partial charge is 0.233 e. The van der Waals surface area contributed by atoms with Crippen LogP contribution in [0.4, 0.5) is 5.82 Å². The normalized spacial score (nSPS) is 19.5. The van der Waals surface area contributed by atoms with E-state index in [4.69, 9.17) is 0 Å². The molecule has 0 bridgehead atoms. The number of hydrogen-bond donors (Lipinski definition) is 0. The summed E-state index contributed by atoms with van der Waals surface area (Å²) in [5.41, 5.74) is 0.937. The number of hydrogen-bond acceptors (Lipinski definition) is 4. The molecule has 1 aromatic heterocycles. The zero-order chi connectivity index (χ0) is 17.3. The molecule has 1 aromatic carbocycles. The van der Waals surface area contributed by atoms with E-state index in [0.717, 1.165) is 44.6 Å². The summed E-state index contributed by atoms with van der Waals surface area (Å²) in [6.45, 7) is 1.65. The number of benzene rings is 1. The zero-order valence-corrected chi connectivity index (χ0v) is 14.6. The Hall–Kier alpha value is -2.43. The lowest BCUT2D eigenvalue weighted by Gasteiger charge is -2.38. The molecule has 5 nitrogen and oxygen atoms in total. The Morgan fingerprint density at radius 1 is 1.16 bits per heavy atom. The minimum absolute atomic E-state index is 0.243. The van der Waals surface area contributed by atoms with Crippen LogP contribution in [0, 0.1) is 0 Å².